The fourth-order valence-corrected chi connectivity index (χ4v) is 4.59. The minimum atomic E-state index is -0.0710. The van der Waals surface area contributed by atoms with E-state index in [0.29, 0.717) is 17.2 Å². The number of rotatable bonds is 4. The van der Waals surface area contributed by atoms with Crippen molar-refractivity contribution in [2.75, 3.05) is 7.11 Å². The highest BCUT2D eigenvalue weighted by molar-refractivity contribution is 5.98. The maximum atomic E-state index is 13.7. The Labute approximate surface area is 172 Å². The lowest BCUT2D eigenvalue weighted by atomic mass is 10.1. The summed E-state index contributed by atoms with van der Waals surface area (Å²) in [5.41, 5.74) is 3.08. The fraction of sp³-hybridized carbons (Fsp3) is 0.273. The van der Waals surface area contributed by atoms with E-state index in [9.17, 15) is 4.79 Å². The summed E-state index contributed by atoms with van der Waals surface area (Å²) in [4.78, 5) is 25.4. The molecule has 2 aromatic carbocycles. The second-order valence-electron chi connectivity index (χ2n) is 7.87. The maximum Gasteiger partial charge on any atom is 0.256 e. The summed E-state index contributed by atoms with van der Waals surface area (Å²) in [5.74, 6) is 2.14. The molecule has 1 saturated carbocycles. The summed E-state index contributed by atoms with van der Waals surface area (Å²) in [5, 5.41) is 8.42. The number of piperidine rings is 1. The molecule has 2 aromatic heterocycles. The molecular weight excluding hydrogens is 380 g/mol. The van der Waals surface area contributed by atoms with Crippen molar-refractivity contribution in [2.45, 2.75) is 24.9 Å². The molecule has 4 aromatic rings. The first kappa shape index (κ1) is 17.2. The minimum Gasteiger partial charge on any atom is -0.497 e. The van der Waals surface area contributed by atoms with E-state index in [-0.39, 0.29) is 18.0 Å². The highest BCUT2D eigenvalue weighted by Crippen LogP contribution is 2.53. The van der Waals surface area contributed by atoms with Crippen LogP contribution in [0.2, 0.25) is 0 Å². The fourth-order valence-electron chi connectivity index (χ4n) is 4.59. The second kappa shape index (κ2) is 6.41. The Morgan fingerprint density at radius 2 is 1.97 bits per heavy atom. The molecule has 1 N–H and O–H groups in total. The number of nitrogens with one attached hydrogen (secondary N) is 1. The van der Waals surface area contributed by atoms with E-state index in [0.717, 1.165) is 35.4 Å². The van der Waals surface area contributed by atoms with Gasteiger partial charge in [-0.15, -0.1) is 0 Å². The smallest absolute Gasteiger partial charge is 0.256 e. The molecule has 1 aliphatic carbocycles. The number of imidazole rings is 1. The first-order valence-corrected chi connectivity index (χ1v) is 10.0. The third-order valence-electron chi connectivity index (χ3n) is 6.13. The van der Waals surface area contributed by atoms with Crippen LogP contribution in [0.25, 0.3) is 16.7 Å². The van der Waals surface area contributed by atoms with E-state index in [1.54, 1.807) is 19.5 Å². The van der Waals surface area contributed by atoms with Gasteiger partial charge in [0.2, 0.25) is 0 Å². The normalized spacial score (nSPS) is 22.3. The van der Waals surface area contributed by atoms with Crippen molar-refractivity contribution < 1.29 is 9.53 Å². The molecule has 0 bridgehead atoms. The van der Waals surface area contributed by atoms with Crippen molar-refractivity contribution in [3.63, 3.8) is 0 Å². The number of aromatic nitrogens is 5. The van der Waals surface area contributed by atoms with Crippen LogP contribution in [0.15, 0.2) is 54.9 Å². The quantitative estimate of drug-likeness (QED) is 0.569. The predicted molar refractivity (Wildman–Crippen MR) is 109 cm³/mol. The van der Waals surface area contributed by atoms with Crippen molar-refractivity contribution >= 4 is 16.9 Å². The number of likely N-dealkylation sites (tertiary alicyclic amines) is 1. The number of ether oxygens (including phenoxy) is 1. The molecule has 3 atom stereocenters. The average Bonchev–Trinajstić information content (AvgIpc) is 3.19. The van der Waals surface area contributed by atoms with Gasteiger partial charge in [0, 0.05) is 12.1 Å². The number of carbonyl (C=O) groups is 1. The third kappa shape index (κ3) is 2.60. The largest absolute Gasteiger partial charge is 0.497 e. The Morgan fingerprint density at radius 3 is 2.80 bits per heavy atom. The summed E-state index contributed by atoms with van der Waals surface area (Å²) in [6.07, 6.45) is 5.20. The van der Waals surface area contributed by atoms with Gasteiger partial charge in [-0.3, -0.25) is 4.79 Å². The summed E-state index contributed by atoms with van der Waals surface area (Å²) < 4.78 is 5.32. The Hall–Kier alpha value is -3.68. The maximum absolute atomic E-state index is 13.7. The molecule has 0 radical (unpaired) electrons. The number of para-hydroxylation sites is 1. The Balaban J connectivity index is 1.39. The highest BCUT2D eigenvalue weighted by Gasteiger charge is 2.55. The lowest BCUT2D eigenvalue weighted by molar-refractivity contribution is 0.0692. The number of amides is 1. The Bertz CT molecular complexity index is 1250. The molecule has 2 aliphatic rings. The van der Waals surface area contributed by atoms with Crippen LogP contribution in [0.5, 0.6) is 5.75 Å². The number of fused-ring (bicyclic) bond motifs is 2. The van der Waals surface area contributed by atoms with Gasteiger partial charge in [0.15, 0.2) is 0 Å². The van der Waals surface area contributed by atoms with Crippen molar-refractivity contribution in [3.05, 3.63) is 66.2 Å². The zero-order valence-corrected chi connectivity index (χ0v) is 16.4. The first-order valence-electron chi connectivity index (χ1n) is 10.0. The van der Waals surface area contributed by atoms with Gasteiger partial charge in [-0.25, -0.2) is 4.98 Å². The summed E-state index contributed by atoms with van der Waals surface area (Å²) in [6.45, 7) is 0. The number of H-pyrrole nitrogens is 1. The van der Waals surface area contributed by atoms with Crippen LogP contribution in [0.4, 0.5) is 0 Å². The van der Waals surface area contributed by atoms with Crippen LogP contribution >= 0.6 is 0 Å². The van der Waals surface area contributed by atoms with Crippen LogP contribution < -0.4 is 4.74 Å². The molecule has 8 nitrogen and oxygen atoms in total. The molecule has 150 valence electrons. The van der Waals surface area contributed by atoms with E-state index in [4.69, 9.17) is 9.72 Å². The number of hydrogen-bond donors (Lipinski definition) is 1. The predicted octanol–water partition coefficient (Wildman–Crippen LogP) is 3.13. The van der Waals surface area contributed by atoms with Gasteiger partial charge >= 0.3 is 0 Å². The molecule has 0 spiro atoms. The zero-order valence-electron chi connectivity index (χ0n) is 16.4. The lowest BCUT2D eigenvalue weighted by Crippen LogP contribution is -2.34. The number of nitrogens with zero attached hydrogens (tertiary/aromatic N) is 5. The molecule has 1 amide bonds. The molecule has 8 heteroatoms. The zero-order chi connectivity index (χ0) is 20.2. The number of hydrogen-bond acceptors (Lipinski definition) is 5. The van der Waals surface area contributed by atoms with Gasteiger partial charge < -0.3 is 14.6 Å². The van der Waals surface area contributed by atoms with E-state index in [2.05, 4.69) is 15.2 Å². The van der Waals surface area contributed by atoms with Gasteiger partial charge in [-0.05, 0) is 43.0 Å². The van der Waals surface area contributed by atoms with Crippen LogP contribution in [0.1, 0.15) is 35.1 Å². The highest BCUT2D eigenvalue weighted by atomic mass is 16.5. The van der Waals surface area contributed by atoms with Crippen molar-refractivity contribution in [1.82, 2.24) is 29.9 Å². The molecule has 2 fully saturated rings. The minimum absolute atomic E-state index is 0.00376. The van der Waals surface area contributed by atoms with Gasteiger partial charge in [-0.2, -0.15) is 15.0 Å². The summed E-state index contributed by atoms with van der Waals surface area (Å²) in [7, 11) is 1.65. The standard InChI is InChI=1S/C22H20N6O2/c1-30-14-6-7-16-17(12-14)26-21(25-16)20-11-13-10-19(13)27(20)22(29)15-4-2-3-5-18(15)28-23-8-9-24-28/h2-9,12-13,19-20H,10-11H2,1H3,(H,25,26). The molecule has 1 aliphatic heterocycles. The number of benzene rings is 2. The molecule has 3 heterocycles. The van der Waals surface area contributed by atoms with Crippen molar-refractivity contribution in [2.24, 2.45) is 5.92 Å². The van der Waals surface area contributed by atoms with Crippen LogP contribution in [0.3, 0.4) is 0 Å². The Morgan fingerprint density at radius 1 is 1.13 bits per heavy atom. The van der Waals surface area contributed by atoms with Gasteiger partial charge in [0.05, 0.1) is 47.8 Å². The topological polar surface area (TPSA) is 88.9 Å². The van der Waals surface area contributed by atoms with Crippen LogP contribution in [0, 0.1) is 5.92 Å². The van der Waals surface area contributed by atoms with E-state index in [1.807, 2.05) is 47.4 Å². The van der Waals surface area contributed by atoms with E-state index in [1.165, 1.54) is 4.80 Å². The second-order valence-corrected chi connectivity index (χ2v) is 7.87. The van der Waals surface area contributed by atoms with Crippen LogP contribution in [-0.4, -0.2) is 48.9 Å². The summed E-state index contributed by atoms with van der Waals surface area (Å²) >= 11 is 0. The first-order chi connectivity index (χ1) is 14.7. The number of carbonyl (C=O) groups excluding carboxylic acids is 1. The molecule has 6 rings (SSSR count). The SMILES string of the molecule is COc1ccc2nc(C3CC4CC4N3C(=O)c3ccccc3-n3nccn3)[nH]c2c1. The molecule has 30 heavy (non-hydrogen) atoms. The third-order valence-corrected chi connectivity index (χ3v) is 6.13. The van der Waals surface area contributed by atoms with Gasteiger partial charge in [0.25, 0.3) is 5.91 Å². The van der Waals surface area contributed by atoms with E-state index < -0.39 is 0 Å². The van der Waals surface area contributed by atoms with Crippen molar-refractivity contribution in [3.8, 4) is 11.4 Å². The lowest BCUT2D eigenvalue weighted by Gasteiger charge is -2.27. The average molecular weight is 400 g/mol. The monoisotopic (exact) mass is 400 g/mol. The molecular formula is C22H20N6O2. The van der Waals surface area contributed by atoms with E-state index >= 15 is 0 Å². The molecule has 3 unspecified atom stereocenters. The molecule has 1 saturated heterocycles. The number of aromatic amines is 1. The van der Waals surface area contributed by atoms with Gasteiger partial charge in [-0.1, -0.05) is 12.1 Å². The number of methoxy groups -OCH3 is 1. The summed E-state index contributed by atoms with van der Waals surface area (Å²) in [6, 6.07) is 13.5. The van der Waals surface area contributed by atoms with Crippen molar-refractivity contribution in [1.29, 1.82) is 0 Å². The van der Waals surface area contributed by atoms with Gasteiger partial charge in [0.1, 0.15) is 11.6 Å². The van der Waals surface area contributed by atoms with Crippen LogP contribution in [-0.2, 0) is 0 Å². The Kier molecular flexibility index (Phi) is 3.68.